The number of rotatable bonds is 3. The van der Waals surface area contributed by atoms with Crippen LogP contribution in [0.25, 0.3) is 11.3 Å². The average molecular weight is 369 g/mol. The summed E-state index contributed by atoms with van der Waals surface area (Å²) >= 11 is 1.74. The van der Waals surface area contributed by atoms with Crippen LogP contribution >= 0.6 is 11.3 Å². The van der Waals surface area contributed by atoms with E-state index in [-0.39, 0.29) is 11.4 Å². The van der Waals surface area contributed by atoms with Gasteiger partial charge in [0, 0.05) is 25.2 Å². The SMILES string of the molecule is Fc1cccc(-c2cnc3n2C[C@@]2(CCN(Cc4ccsc4)C2)OC3)c1. The molecule has 0 unspecified atom stereocenters. The third-order valence-corrected chi connectivity index (χ3v) is 6.13. The molecule has 6 heteroatoms. The van der Waals surface area contributed by atoms with Crippen molar-refractivity contribution in [2.75, 3.05) is 13.1 Å². The van der Waals surface area contributed by atoms with Crippen LogP contribution in [-0.4, -0.2) is 33.1 Å². The Balaban J connectivity index is 1.39. The van der Waals surface area contributed by atoms with Crippen molar-refractivity contribution in [3.63, 3.8) is 0 Å². The molecule has 0 amide bonds. The van der Waals surface area contributed by atoms with E-state index in [1.165, 1.54) is 11.6 Å². The molecule has 2 aliphatic heterocycles. The highest BCUT2D eigenvalue weighted by Crippen LogP contribution is 2.35. The van der Waals surface area contributed by atoms with Gasteiger partial charge in [-0.3, -0.25) is 4.90 Å². The van der Waals surface area contributed by atoms with Crippen molar-refractivity contribution in [2.24, 2.45) is 0 Å². The number of benzene rings is 1. The number of hydrogen-bond donors (Lipinski definition) is 0. The lowest BCUT2D eigenvalue weighted by Crippen LogP contribution is -2.44. The number of likely N-dealkylation sites (tertiary alicyclic amines) is 1. The van der Waals surface area contributed by atoms with Gasteiger partial charge in [0.15, 0.2) is 0 Å². The quantitative estimate of drug-likeness (QED) is 0.701. The fourth-order valence-corrected chi connectivity index (χ4v) is 4.75. The number of imidazole rings is 1. The van der Waals surface area contributed by atoms with Crippen LogP contribution in [0.1, 0.15) is 17.8 Å². The summed E-state index contributed by atoms with van der Waals surface area (Å²) in [7, 11) is 0. The molecule has 4 nitrogen and oxygen atoms in total. The van der Waals surface area contributed by atoms with Crippen molar-refractivity contribution in [3.8, 4) is 11.3 Å². The minimum absolute atomic E-state index is 0.175. The van der Waals surface area contributed by atoms with E-state index in [4.69, 9.17) is 4.74 Å². The molecule has 3 aromatic rings. The Kier molecular flexibility index (Phi) is 3.92. The van der Waals surface area contributed by atoms with Gasteiger partial charge in [-0.05, 0) is 40.9 Å². The molecule has 1 spiro atoms. The van der Waals surface area contributed by atoms with Gasteiger partial charge in [-0.2, -0.15) is 11.3 Å². The maximum Gasteiger partial charge on any atom is 0.135 e. The molecule has 0 aliphatic carbocycles. The van der Waals surface area contributed by atoms with Crippen molar-refractivity contribution in [1.82, 2.24) is 14.5 Å². The molecule has 134 valence electrons. The van der Waals surface area contributed by atoms with E-state index in [0.717, 1.165) is 49.7 Å². The molecular formula is C20H20FN3OS. The van der Waals surface area contributed by atoms with Crippen LogP contribution in [0.3, 0.4) is 0 Å². The van der Waals surface area contributed by atoms with Gasteiger partial charge in [-0.25, -0.2) is 9.37 Å². The van der Waals surface area contributed by atoms with Crippen LogP contribution in [0, 0.1) is 5.82 Å². The first-order chi connectivity index (χ1) is 12.7. The van der Waals surface area contributed by atoms with E-state index in [1.807, 2.05) is 12.3 Å². The Labute approximate surface area is 155 Å². The molecule has 4 heterocycles. The van der Waals surface area contributed by atoms with E-state index in [2.05, 4.69) is 31.3 Å². The number of nitrogens with zero attached hydrogens (tertiary/aromatic N) is 3. The molecule has 2 aliphatic rings. The van der Waals surface area contributed by atoms with Crippen molar-refractivity contribution >= 4 is 11.3 Å². The third-order valence-electron chi connectivity index (χ3n) is 5.39. The summed E-state index contributed by atoms with van der Waals surface area (Å²) in [6.45, 7) is 4.22. The van der Waals surface area contributed by atoms with Crippen molar-refractivity contribution in [2.45, 2.75) is 31.7 Å². The number of fused-ring (bicyclic) bond motifs is 1. The molecule has 0 bridgehead atoms. The maximum absolute atomic E-state index is 13.7. The molecule has 1 atom stereocenters. The third kappa shape index (κ3) is 2.88. The largest absolute Gasteiger partial charge is 0.364 e. The highest BCUT2D eigenvalue weighted by molar-refractivity contribution is 7.07. The lowest BCUT2D eigenvalue weighted by molar-refractivity contribution is -0.0821. The van der Waals surface area contributed by atoms with Crippen LogP contribution in [0.15, 0.2) is 47.3 Å². The second-order valence-electron chi connectivity index (χ2n) is 7.22. The Morgan fingerprint density at radius 3 is 3.08 bits per heavy atom. The number of aromatic nitrogens is 2. The van der Waals surface area contributed by atoms with E-state index in [0.29, 0.717) is 6.61 Å². The van der Waals surface area contributed by atoms with Crippen molar-refractivity contribution in [3.05, 3.63) is 64.5 Å². The summed E-state index contributed by atoms with van der Waals surface area (Å²) < 4.78 is 22.2. The lowest BCUT2D eigenvalue weighted by Gasteiger charge is -2.35. The standard InChI is InChI=1S/C20H20FN3OS/c21-17-3-1-2-16(8-17)18-9-22-19-11-25-20(14-24(18)19)5-6-23(13-20)10-15-4-7-26-12-15/h1-4,7-9,12H,5-6,10-11,13-14H2/t20-/m0/s1. The zero-order chi connectivity index (χ0) is 17.6. The first kappa shape index (κ1) is 16.2. The second kappa shape index (κ2) is 6.30. The fourth-order valence-electron chi connectivity index (χ4n) is 4.09. The highest BCUT2D eigenvalue weighted by Gasteiger charge is 2.43. The van der Waals surface area contributed by atoms with E-state index >= 15 is 0 Å². The lowest BCUT2D eigenvalue weighted by atomic mass is 10.0. The molecular weight excluding hydrogens is 349 g/mol. The zero-order valence-corrected chi connectivity index (χ0v) is 15.2. The van der Waals surface area contributed by atoms with E-state index in [9.17, 15) is 4.39 Å². The minimum atomic E-state index is -0.220. The first-order valence-corrected chi connectivity index (χ1v) is 9.83. The Bertz CT molecular complexity index is 923. The summed E-state index contributed by atoms with van der Waals surface area (Å²) in [5.74, 6) is 0.703. The van der Waals surface area contributed by atoms with E-state index in [1.54, 1.807) is 23.5 Å². The summed E-state index contributed by atoms with van der Waals surface area (Å²) in [4.78, 5) is 6.96. The van der Waals surface area contributed by atoms with Crippen LogP contribution < -0.4 is 0 Å². The van der Waals surface area contributed by atoms with Gasteiger partial charge >= 0.3 is 0 Å². The minimum Gasteiger partial charge on any atom is -0.364 e. The molecule has 0 saturated carbocycles. The Hall–Kier alpha value is -2.02. The van der Waals surface area contributed by atoms with E-state index < -0.39 is 0 Å². The zero-order valence-electron chi connectivity index (χ0n) is 14.4. The summed E-state index contributed by atoms with van der Waals surface area (Å²) in [5, 5.41) is 4.34. The molecule has 1 aromatic carbocycles. The smallest absolute Gasteiger partial charge is 0.135 e. The van der Waals surface area contributed by atoms with Gasteiger partial charge in [0.2, 0.25) is 0 Å². The molecule has 26 heavy (non-hydrogen) atoms. The topological polar surface area (TPSA) is 30.3 Å². The second-order valence-corrected chi connectivity index (χ2v) is 8.00. The molecule has 1 fully saturated rings. The predicted molar refractivity (Wildman–Crippen MR) is 99.4 cm³/mol. The van der Waals surface area contributed by atoms with Gasteiger partial charge < -0.3 is 9.30 Å². The first-order valence-electron chi connectivity index (χ1n) is 8.89. The summed E-state index contributed by atoms with van der Waals surface area (Å²) in [6.07, 6.45) is 2.85. The average Bonchev–Trinajstić information content (AvgIpc) is 3.36. The molecule has 5 rings (SSSR count). The molecule has 1 saturated heterocycles. The van der Waals surface area contributed by atoms with Gasteiger partial charge in [-0.1, -0.05) is 12.1 Å². The van der Waals surface area contributed by atoms with Crippen LogP contribution in [0.5, 0.6) is 0 Å². The van der Waals surface area contributed by atoms with Gasteiger partial charge in [-0.15, -0.1) is 0 Å². The highest BCUT2D eigenvalue weighted by atomic mass is 32.1. The predicted octanol–water partition coefficient (Wildman–Crippen LogP) is 3.93. The molecule has 2 aromatic heterocycles. The van der Waals surface area contributed by atoms with Gasteiger partial charge in [0.25, 0.3) is 0 Å². The summed E-state index contributed by atoms with van der Waals surface area (Å²) in [6, 6.07) is 8.92. The number of ether oxygens (including phenoxy) is 1. The summed E-state index contributed by atoms with van der Waals surface area (Å²) in [5.41, 5.74) is 3.03. The van der Waals surface area contributed by atoms with Crippen LogP contribution in [0.4, 0.5) is 4.39 Å². The number of halogens is 1. The molecule has 0 radical (unpaired) electrons. The molecule has 0 N–H and O–H groups in total. The van der Waals surface area contributed by atoms with Crippen molar-refractivity contribution < 1.29 is 9.13 Å². The monoisotopic (exact) mass is 369 g/mol. The maximum atomic E-state index is 13.7. The van der Waals surface area contributed by atoms with Crippen LogP contribution in [-0.2, 0) is 24.4 Å². The van der Waals surface area contributed by atoms with Gasteiger partial charge in [0.1, 0.15) is 23.8 Å². The number of thiophene rings is 1. The Morgan fingerprint density at radius 1 is 1.27 bits per heavy atom. The van der Waals surface area contributed by atoms with Gasteiger partial charge in [0.05, 0.1) is 18.4 Å². The van der Waals surface area contributed by atoms with Crippen molar-refractivity contribution in [1.29, 1.82) is 0 Å². The van der Waals surface area contributed by atoms with Crippen LogP contribution in [0.2, 0.25) is 0 Å². The number of hydrogen-bond acceptors (Lipinski definition) is 4. The Morgan fingerprint density at radius 2 is 2.23 bits per heavy atom. The fraction of sp³-hybridized carbons (Fsp3) is 0.350. The normalized spacial score (nSPS) is 22.8.